The van der Waals surface area contributed by atoms with Crippen molar-refractivity contribution in [2.75, 3.05) is 31.1 Å². The summed E-state index contributed by atoms with van der Waals surface area (Å²) in [5, 5.41) is 13.2. The summed E-state index contributed by atoms with van der Waals surface area (Å²) in [7, 11) is 0. The third kappa shape index (κ3) is 5.54. The van der Waals surface area contributed by atoms with Crippen LogP contribution in [0, 0.1) is 0 Å². The highest BCUT2D eigenvalue weighted by Crippen LogP contribution is 2.31. The Labute approximate surface area is 239 Å². The summed E-state index contributed by atoms with van der Waals surface area (Å²) < 4.78 is 2.04. The highest BCUT2D eigenvalue weighted by Gasteiger charge is 2.25. The van der Waals surface area contributed by atoms with Crippen LogP contribution >= 0.6 is 34.7 Å². The second-order valence-corrected chi connectivity index (χ2v) is 11.2. The highest BCUT2D eigenvalue weighted by molar-refractivity contribution is 7.98. The second-order valence-electron chi connectivity index (χ2n) is 8.86. The molecule has 0 spiro atoms. The fourth-order valence-corrected chi connectivity index (χ4v) is 6.48. The topological polar surface area (TPSA) is 80.0 Å². The molecular formula is C28H24ClN7OS2. The first-order chi connectivity index (χ1) is 19.2. The van der Waals surface area contributed by atoms with Gasteiger partial charge in [-0.05, 0) is 36.4 Å². The Kier molecular flexibility index (Phi) is 7.57. The first-order valence-electron chi connectivity index (χ1n) is 12.4. The molecule has 1 amide bonds. The molecule has 0 saturated carbocycles. The van der Waals surface area contributed by atoms with Gasteiger partial charge < -0.3 is 9.80 Å². The Morgan fingerprint density at radius 2 is 1.67 bits per heavy atom. The minimum Gasteiger partial charge on any atom is -0.367 e. The van der Waals surface area contributed by atoms with Crippen molar-refractivity contribution in [3.05, 3.63) is 100 Å². The summed E-state index contributed by atoms with van der Waals surface area (Å²) in [6.45, 7) is 2.72. The maximum absolute atomic E-state index is 13.2. The van der Waals surface area contributed by atoms with Crippen LogP contribution in [0.25, 0.3) is 17.1 Å². The lowest BCUT2D eigenvalue weighted by Crippen LogP contribution is -2.49. The van der Waals surface area contributed by atoms with Gasteiger partial charge in [-0.2, -0.15) is 0 Å². The van der Waals surface area contributed by atoms with E-state index < -0.39 is 0 Å². The van der Waals surface area contributed by atoms with Crippen LogP contribution < -0.4 is 4.90 Å². The molecule has 0 aliphatic carbocycles. The Balaban J connectivity index is 1.13. The monoisotopic (exact) mass is 573 g/mol. The number of rotatable bonds is 7. The van der Waals surface area contributed by atoms with Crippen molar-refractivity contribution in [2.24, 2.45) is 0 Å². The van der Waals surface area contributed by atoms with E-state index in [2.05, 4.69) is 25.1 Å². The van der Waals surface area contributed by atoms with Crippen molar-refractivity contribution in [1.82, 2.24) is 29.6 Å². The number of para-hydroxylation sites is 2. The van der Waals surface area contributed by atoms with E-state index in [-0.39, 0.29) is 5.91 Å². The van der Waals surface area contributed by atoms with E-state index in [1.165, 1.54) is 11.3 Å². The first kappa shape index (κ1) is 25.5. The number of thioether (sulfide) groups is 1. The molecule has 11 heteroatoms. The first-order valence-corrected chi connectivity index (χ1v) is 14.7. The number of piperazine rings is 1. The van der Waals surface area contributed by atoms with Gasteiger partial charge in [-0.15, -0.1) is 21.5 Å². The molecule has 4 heterocycles. The van der Waals surface area contributed by atoms with Crippen LogP contribution in [0.1, 0.15) is 15.5 Å². The number of thiazole rings is 1. The largest absolute Gasteiger partial charge is 0.367 e. The number of pyridine rings is 1. The normalized spacial score (nSPS) is 13.6. The van der Waals surface area contributed by atoms with Crippen LogP contribution in [0.15, 0.2) is 89.7 Å². The number of hydrogen-bond acceptors (Lipinski definition) is 8. The SMILES string of the molecule is O=C(c1csc(CSc2nnc(-c3ccncc3)n2-c2ccccc2)n1)N1CCN(c2ccccc2Cl)CC1. The van der Waals surface area contributed by atoms with Gasteiger partial charge in [0.15, 0.2) is 11.0 Å². The number of hydrogen-bond donors (Lipinski definition) is 0. The lowest BCUT2D eigenvalue weighted by atomic mass is 10.2. The summed E-state index contributed by atoms with van der Waals surface area (Å²) in [5.74, 6) is 1.30. The number of amides is 1. The fourth-order valence-electron chi connectivity index (χ4n) is 4.48. The predicted molar refractivity (Wildman–Crippen MR) is 156 cm³/mol. The number of aromatic nitrogens is 5. The maximum atomic E-state index is 13.2. The average molecular weight is 574 g/mol. The minimum absolute atomic E-state index is 0.0336. The quantitative estimate of drug-likeness (QED) is 0.231. The molecular weight excluding hydrogens is 550 g/mol. The Bertz CT molecular complexity index is 1570. The third-order valence-corrected chi connectivity index (χ3v) is 8.73. The molecule has 0 bridgehead atoms. The summed E-state index contributed by atoms with van der Waals surface area (Å²) in [6.07, 6.45) is 3.49. The van der Waals surface area contributed by atoms with E-state index in [9.17, 15) is 4.79 Å². The molecule has 0 radical (unpaired) electrons. The fraction of sp³-hybridized carbons (Fsp3) is 0.179. The summed E-state index contributed by atoms with van der Waals surface area (Å²) in [6, 6.07) is 21.7. The summed E-state index contributed by atoms with van der Waals surface area (Å²) in [5.41, 5.74) is 3.41. The van der Waals surface area contributed by atoms with Gasteiger partial charge in [0.2, 0.25) is 0 Å². The van der Waals surface area contributed by atoms with Gasteiger partial charge in [0.25, 0.3) is 5.91 Å². The number of benzene rings is 2. The predicted octanol–water partition coefficient (Wildman–Crippen LogP) is 5.69. The molecule has 1 aliphatic heterocycles. The Morgan fingerprint density at radius 1 is 0.923 bits per heavy atom. The van der Waals surface area contributed by atoms with Crippen LogP contribution in [-0.4, -0.2) is 61.7 Å². The smallest absolute Gasteiger partial charge is 0.273 e. The third-order valence-electron chi connectivity index (χ3n) is 6.44. The second kappa shape index (κ2) is 11.6. The molecule has 0 atom stereocenters. The zero-order chi connectivity index (χ0) is 26.6. The molecule has 1 aliphatic rings. The lowest BCUT2D eigenvalue weighted by molar-refractivity contribution is 0.0741. The number of anilines is 1. The molecule has 1 saturated heterocycles. The van der Waals surface area contributed by atoms with Gasteiger partial charge in [0.1, 0.15) is 10.7 Å². The van der Waals surface area contributed by atoms with E-state index >= 15 is 0 Å². The van der Waals surface area contributed by atoms with Crippen LogP contribution in [0.5, 0.6) is 0 Å². The van der Waals surface area contributed by atoms with Crippen LogP contribution in [0.3, 0.4) is 0 Å². The van der Waals surface area contributed by atoms with Crippen molar-refractivity contribution in [3.63, 3.8) is 0 Å². The molecule has 2 aromatic carbocycles. The van der Waals surface area contributed by atoms with Crippen LogP contribution in [-0.2, 0) is 5.75 Å². The van der Waals surface area contributed by atoms with E-state index in [0.29, 0.717) is 24.5 Å². The molecule has 1 fully saturated rings. The van der Waals surface area contributed by atoms with Crippen molar-refractivity contribution in [3.8, 4) is 17.1 Å². The van der Waals surface area contributed by atoms with Crippen LogP contribution in [0.2, 0.25) is 5.02 Å². The molecule has 6 rings (SSSR count). The van der Waals surface area contributed by atoms with Crippen molar-refractivity contribution in [1.29, 1.82) is 0 Å². The number of carbonyl (C=O) groups is 1. The number of carbonyl (C=O) groups excluding carboxylic acids is 1. The van der Waals surface area contributed by atoms with Gasteiger partial charge in [-0.1, -0.05) is 53.7 Å². The molecule has 0 N–H and O–H groups in total. The number of halogens is 1. The zero-order valence-electron chi connectivity index (χ0n) is 20.9. The van der Waals surface area contributed by atoms with Gasteiger partial charge in [-0.3, -0.25) is 14.3 Å². The average Bonchev–Trinajstić information content (AvgIpc) is 3.64. The standard InChI is InChI=1S/C28H24ClN7OS2/c29-22-8-4-5-9-24(22)34-14-16-35(17-15-34)27(37)23-18-38-25(31-23)19-39-28-33-32-26(20-10-12-30-13-11-20)36(28)21-6-2-1-3-7-21/h1-13,18H,14-17,19H2. The minimum atomic E-state index is -0.0336. The number of nitrogens with zero attached hydrogens (tertiary/aromatic N) is 7. The Hall–Kier alpha value is -3.73. The van der Waals surface area contributed by atoms with Gasteiger partial charge >= 0.3 is 0 Å². The Morgan fingerprint density at radius 3 is 2.44 bits per heavy atom. The van der Waals surface area contributed by atoms with Gasteiger partial charge in [-0.25, -0.2) is 4.98 Å². The zero-order valence-corrected chi connectivity index (χ0v) is 23.2. The highest BCUT2D eigenvalue weighted by atomic mass is 35.5. The molecule has 0 unspecified atom stereocenters. The van der Waals surface area contributed by atoms with E-state index in [1.54, 1.807) is 24.2 Å². The molecule has 3 aromatic heterocycles. The molecule has 196 valence electrons. The van der Waals surface area contributed by atoms with Crippen LogP contribution in [0.4, 0.5) is 5.69 Å². The maximum Gasteiger partial charge on any atom is 0.273 e. The molecule has 39 heavy (non-hydrogen) atoms. The van der Waals surface area contributed by atoms with Gasteiger partial charge in [0, 0.05) is 55.2 Å². The van der Waals surface area contributed by atoms with E-state index in [1.807, 2.05) is 81.6 Å². The van der Waals surface area contributed by atoms with Gasteiger partial charge in [0.05, 0.1) is 16.5 Å². The molecule has 5 aromatic rings. The van der Waals surface area contributed by atoms with Crippen molar-refractivity contribution in [2.45, 2.75) is 10.9 Å². The van der Waals surface area contributed by atoms with E-state index in [0.717, 1.165) is 51.0 Å². The summed E-state index contributed by atoms with van der Waals surface area (Å²) >= 11 is 9.40. The van der Waals surface area contributed by atoms with E-state index in [4.69, 9.17) is 11.6 Å². The summed E-state index contributed by atoms with van der Waals surface area (Å²) in [4.78, 5) is 26.1. The molecule has 8 nitrogen and oxygen atoms in total. The lowest BCUT2D eigenvalue weighted by Gasteiger charge is -2.36. The van der Waals surface area contributed by atoms with Crippen molar-refractivity contribution < 1.29 is 4.79 Å². The van der Waals surface area contributed by atoms with Crippen molar-refractivity contribution >= 4 is 46.3 Å².